The Morgan fingerprint density at radius 1 is 1.00 bits per heavy atom. The number of methoxy groups -OCH3 is 3. The van der Waals surface area contributed by atoms with Gasteiger partial charge >= 0.3 is 5.97 Å². The van der Waals surface area contributed by atoms with E-state index in [1.54, 1.807) is 12.1 Å². The maximum absolute atomic E-state index is 12.1. The Morgan fingerprint density at radius 2 is 1.71 bits per heavy atom. The highest BCUT2D eigenvalue weighted by Gasteiger charge is 2.25. The van der Waals surface area contributed by atoms with Crippen LogP contribution in [0.1, 0.15) is 36.2 Å². The standard InChI is InChI=1S/C19H25N5O4/c1-26-13-9-8-12(18(21-13)27-2)14-17(24-10-6-4-5-7-11-24)23-16(20)15(22-14)19(25)28-3/h8-9H,4-7,10-11H2,1-3H3,(H2,20,23). The van der Waals surface area contributed by atoms with Crippen molar-refractivity contribution in [1.82, 2.24) is 15.0 Å². The number of anilines is 2. The highest BCUT2D eigenvalue weighted by molar-refractivity contribution is 5.94. The maximum Gasteiger partial charge on any atom is 0.360 e. The molecule has 1 fully saturated rings. The lowest BCUT2D eigenvalue weighted by Gasteiger charge is -2.24. The Morgan fingerprint density at radius 3 is 2.32 bits per heavy atom. The van der Waals surface area contributed by atoms with Crippen LogP contribution >= 0.6 is 0 Å². The third-order valence-electron chi connectivity index (χ3n) is 4.68. The lowest BCUT2D eigenvalue weighted by molar-refractivity contribution is 0.0595. The van der Waals surface area contributed by atoms with E-state index in [1.165, 1.54) is 34.2 Å². The number of aromatic nitrogens is 3. The SMILES string of the molecule is COC(=O)c1nc(-c2ccc(OC)nc2OC)c(N2CCCCCC2)nc1N. The first-order valence-corrected chi connectivity index (χ1v) is 9.19. The fourth-order valence-electron chi connectivity index (χ4n) is 3.24. The summed E-state index contributed by atoms with van der Waals surface area (Å²) >= 11 is 0. The van der Waals surface area contributed by atoms with E-state index in [4.69, 9.17) is 19.9 Å². The number of carbonyl (C=O) groups excluding carboxylic acids is 1. The van der Waals surface area contributed by atoms with E-state index in [1.807, 2.05) is 0 Å². The fraction of sp³-hybridized carbons (Fsp3) is 0.474. The molecule has 0 radical (unpaired) electrons. The van der Waals surface area contributed by atoms with Crippen LogP contribution < -0.4 is 20.1 Å². The zero-order valence-corrected chi connectivity index (χ0v) is 16.4. The quantitative estimate of drug-likeness (QED) is 0.772. The van der Waals surface area contributed by atoms with Gasteiger partial charge in [-0.25, -0.2) is 14.8 Å². The Bertz CT molecular complexity index is 850. The summed E-state index contributed by atoms with van der Waals surface area (Å²) in [6.45, 7) is 1.68. The molecule has 3 rings (SSSR count). The molecular weight excluding hydrogens is 362 g/mol. The Hall–Kier alpha value is -3.10. The number of hydrogen-bond acceptors (Lipinski definition) is 9. The summed E-state index contributed by atoms with van der Waals surface area (Å²) in [5, 5.41) is 0. The number of carbonyl (C=O) groups is 1. The van der Waals surface area contributed by atoms with Crippen LogP contribution in [0.2, 0.25) is 0 Å². The van der Waals surface area contributed by atoms with Crippen molar-refractivity contribution in [1.29, 1.82) is 0 Å². The van der Waals surface area contributed by atoms with Crippen LogP contribution in [0.5, 0.6) is 11.8 Å². The van der Waals surface area contributed by atoms with Crippen molar-refractivity contribution < 1.29 is 19.0 Å². The summed E-state index contributed by atoms with van der Waals surface area (Å²) in [6.07, 6.45) is 4.44. The van der Waals surface area contributed by atoms with Gasteiger partial charge in [-0.1, -0.05) is 12.8 Å². The van der Waals surface area contributed by atoms with Crippen LogP contribution in [0.25, 0.3) is 11.3 Å². The molecule has 0 unspecified atom stereocenters. The van der Waals surface area contributed by atoms with E-state index in [0.717, 1.165) is 25.9 Å². The fourth-order valence-corrected chi connectivity index (χ4v) is 3.24. The molecule has 150 valence electrons. The molecule has 0 bridgehead atoms. The van der Waals surface area contributed by atoms with Crippen LogP contribution in [0, 0.1) is 0 Å². The van der Waals surface area contributed by atoms with Gasteiger partial charge in [-0.2, -0.15) is 4.98 Å². The molecule has 28 heavy (non-hydrogen) atoms. The predicted molar refractivity (Wildman–Crippen MR) is 105 cm³/mol. The first kappa shape index (κ1) is 19.7. The molecule has 0 saturated carbocycles. The molecule has 1 aliphatic rings. The van der Waals surface area contributed by atoms with Gasteiger partial charge in [0.05, 0.1) is 26.9 Å². The van der Waals surface area contributed by atoms with Crippen molar-refractivity contribution in [3.63, 3.8) is 0 Å². The maximum atomic E-state index is 12.1. The van der Waals surface area contributed by atoms with E-state index in [2.05, 4.69) is 19.9 Å². The summed E-state index contributed by atoms with van der Waals surface area (Å²) in [6, 6.07) is 3.49. The van der Waals surface area contributed by atoms with Gasteiger partial charge in [-0.3, -0.25) is 0 Å². The highest BCUT2D eigenvalue weighted by atomic mass is 16.5. The first-order chi connectivity index (χ1) is 13.6. The van der Waals surface area contributed by atoms with Gasteiger partial charge in [-0.15, -0.1) is 0 Å². The smallest absolute Gasteiger partial charge is 0.360 e. The average Bonchev–Trinajstić information content (AvgIpc) is 3.02. The van der Waals surface area contributed by atoms with E-state index < -0.39 is 5.97 Å². The number of nitrogens with zero attached hydrogens (tertiary/aromatic N) is 4. The molecule has 2 aromatic heterocycles. The van der Waals surface area contributed by atoms with Crippen LogP contribution in [0.15, 0.2) is 12.1 Å². The molecule has 1 aliphatic heterocycles. The highest BCUT2D eigenvalue weighted by Crippen LogP contribution is 2.36. The number of hydrogen-bond donors (Lipinski definition) is 1. The van der Waals surface area contributed by atoms with Crippen molar-refractivity contribution in [2.45, 2.75) is 25.7 Å². The lowest BCUT2D eigenvalue weighted by atomic mass is 10.1. The normalized spacial score (nSPS) is 14.3. The van der Waals surface area contributed by atoms with Crippen molar-refractivity contribution >= 4 is 17.6 Å². The molecule has 0 spiro atoms. The zero-order valence-electron chi connectivity index (χ0n) is 16.4. The lowest BCUT2D eigenvalue weighted by Crippen LogP contribution is -2.27. The monoisotopic (exact) mass is 387 g/mol. The van der Waals surface area contributed by atoms with Gasteiger partial charge in [0.1, 0.15) is 5.69 Å². The number of esters is 1. The van der Waals surface area contributed by atoms with E-state index in [-0.39, 0.29) is 11.5 Å². The molecular formula is C19H25N5O4. The van der Waals surface area contributed by atoms with E-state index >= 15 is 0 Å². The third-order valence-corrected chi connectivity index (χ3v) is 4.68. The van der Waals surface area contributed by atoms with Crippen LogP contribution in [-0.2, 0) is 4.74 Å². The molecule has 1 saturated heterocycles. The van der Waals surface area contributed by atoms with Gasteiger partial charge in [0, 0.05) is 19.2 Å². The molecule has 0 aliphatic carbocycles. The van der Waals surface area contributed by atoms with Crippen LogP contribution in [-0.4, -0.2) is 55.3 Å². The summed E-state index contributed by atoms with van der Waals surface area (Å²) < 4.78 is 15.4. The number of rotatable bonds is 5. The summed E-state index contributed by atoms with van der Waals surface area (Å²) in [5.41, 5.74) is 7.08. The van der Waals surface area contributed by atoms with Crippen LogP contribution in [0.3, 0.4) is 0 Å². The second-order valence-corrected chi connectivity index (χ2v) is 6.43. The number of nitrogens with two attached hydrogens (primary N) is 1. The van der Waals surface area contributed by atoms with E-state index in [0.29, 0.717) is 28.8 Å². The Balaban J connectivity index is 2.20. The topological polar surface area (TPSA) is 113 Å². The molecule has 9 nitrogen and oxygen atoms in total. The Kier molecular flexibility index (Phi) is 6.13. The minimum Gasteiger partial charge on any atom is -0.481 e. The molecule has 9 heteroatoms. The Labute approximate surface area is 163 Å². The minimum atomic E-state index is -0.644. The first-order valence-electron chi connectivity index (χ1n) is 9.19. The van der Waals surface area contributed by atoms with Crippen molar-refractivity contribution in [3.8, 4) is 23.0 Å². The van der Waals surface area contributed by atoms with Gasteiger partial charge in [0.15, 0.2) is 17.3 Å². The molecule has 2 N–H and O–H groups in total. The minimum absolute atomic E-state index is 0.0334. The second kappa shape index (κ2) is 8.73. The van der Waals surface area contributed by atoms with Gasteiger partial charge in [-0.05, 0) is 18.9 Å². The summed E-state index contributed by atoms with van der Waals surface area (Å²) in [5.74, 6) is 0.737. The summed E-state index contributed by atoms with van der Waals surface area (Å²) in [4.78, 5) is 27.7. The number of nitrogen functional groups attached to an aromatic ring is 1. The zero-order chi connectivity index (χ0) is 20.1. The molecule has 0 aromatic carbocycles. The number of pyridine rings is 1. The van der Waals surface area contributed by atoms with Gasteiger partial charge in [0.2, 0.25) is 11.8 Å². The van der Waals surface area contributed by atoms with Crippen LogP contribution in [0.4, 0.5) is 11.6 Å². The molecule has 3 heterocycles. The molecule has 0 amide bonds. The largest absolute Gasteiger partial charge is 0.481 e. The van der Waals surface area contributed by atoms with Crippen molar-refractivity contribution in [2.24, 2.45) is 0 Å². The second-order valence-electron chi connectivity index (χ2n) is 6.43. The van der Waals surface area contributed by atoms with Crippen molar-refractivity contribution in [3.05, 3.63) is 17.8 Å². The van der Waals surface area contributed by atoms with Crippen molar-refractivity contribution in [2.75, 3.05) is 45.1 Å². The van der Waals surface area contributed by atoms with Gasteiger partial charge in [0.25, 0.3) is 0 Å². The van der Waals surface area contributed by atoms with Gasteiger partial charge < -0.3 is 24.8 Å². The molecule has 0 atom stereocenters. The number of ether oxygens (including phenoxy) is 3. The predicted octanol–water partition coefficient (Wildman–Crippen LogP) is 2.31. The third kappa shape index (κ3) is 3.92. The summed E-state index contributed by atoms with van der Waals surface area (Å²) in [7, 11) is 4.33. The average molecular weight is 387 g/mol. The van der Waals surface area contributed by atoms with E-state index in [9.17, 15) is 4.79 Å². The molecule has 2 aromatic rings.